The molecule has 57 valence electrons. The summed E-state index contributed by atoms with van der Waals surface area (Å²) >= 11 is 0. The molecule has 0 fully saturated rings. The van der Waals surface area contributed by atoms with Crippen LogP contribution in [0.1, 0.15) is 18.1 Å². The predicted molar refractivity (Wildman–Crippen MR) is 45.7 cm³/mol. The molecule has 1 radical (unpaired) electrons. The van der Waals surface area contributed by atoms with E-state index in [9.17, 15) is 0 Å². The molecule has 0 aliphatic carbocycles. The van der Waals surface area contributed by atoms with E-state index >= 15 is 0 Å². The molecule has 0 atom stereocenters. The molecule has 0 aliphatic heterocycles. The van der Waals surface area contributed by atoms with E-state index in [1.807, 2.05) is 19.1 Å². The third kappa shape index (κ3) is 1.58. The molecule has 0 unspecified atom stereocenters. The van der Waals surface area contributed by atoms with Crippen molar-refractivity contribution >= 4 is 5.84 Å². The van der Waals surface area contributed by atoms with E-state index in [-0.39, 0.29) is 5.84 Å². The zero-order valence-corrected chi connectivity index (χ0v) is 6.52. The molecule has 3 N–H and O–H groups in total. The van der Waals surface area contributed by atoms with Crippen LogP contribution in [0.25, 0.3) is 0 Å². The standard InChI is InChI=1S/C9H11N2/c1-2-7-5-3-4-6-8(7)9(10)11/h3-5H,2H2,1H3,(H3,10,11). The SMILES string of the molecule is CCc1ccc[c]c1C(=N)N. The van der Waals surface area contributed by atoms with Gasteiger partial charge in [0.15, 0.2) is 0 Å². The van der Waals surface area contributed by atoms with Crippen molar-refractivity contribution in [3.8, 4) is 0 Å². The van der Waals surface area contributed by atoms with E-state index in [1.165, 1.54) is 0 Å². The maximum Gasteiger partial charge on any atom is 0.123 e. The summed E-state index contributed by atoms with van der Waals surface area (Å²) in [5, 5.41) is 7.23. The van der Waals surface area contributed by atoms with Crippen LogP contribution in [-0.4, -0.2) is 5.84 Å². The largest absolute Gasteiger partial charge is 0.384 e. The molecule has 1 aromatic carbocycles. The van der Waals surface area contributed by atoms with Crippen molar-refractivity contribution in [1.29, 1.82) is 5.41 Å². The van der Waals surface area contributed by atoms with Crippen LogP contribution in [0.5, 0.6) is 0 Å². The monoisotopic (exact) mass is 147 g/mol. The molecule has 0 saturated heterocycles. The number of rotatable bonds is 2. The summed E-state index contributed by atoms with van der Waals surface area (Å²) in [6.07, 6.45) is 0.895. The van der Waals surface area contributed by atoms with Crippen molar-refractivity contribution in [2.24, 2.45) is 5.73 Å². The Bertz CT molecular complexity index is 266. The highest BCUT2D eigenvalue weighted by Crippen LogP contribution is 2.06. The van der Waals surface area contributed by atoms with Gasteiger partial charge in [-0.2, -0.15) is 0 Å². The van der Waals surface area contributed by atoms with E-state index in [2.05, 4.69) is 6.07 Å². The average Bonchev–Trinajstić information content (AvgIpc) is 2.04. The molecule has 2 nitrogen and oxygen atoms in total. The van der Waals surface area contributed by atoms with Crippen LogP contribution in [0.2, 0.25) is 0 Å². The van der Waals surface area contributed by atoms with Crippen LogP contribution >= 0.6 is 0 Å². The van der Waals surface area contributed by atoms with Crippen LogP contribution < -0.4 is 5.73 Å². The molecule has 1 aromatic rings. The topological polar surface area (TPSA) is 49.9 Å². The molecule has 0 spiro atoms. The molecule has 2 heteroatoms. The van der Waals surface area contributed by atoms with Crippen LogP contribution in [0.15, 0.2) is 18.2 Å². The Balaban J connectivity index is 3.12. The molecular weight excluding hydrogens is 136 g/mol. The van der Waals surface area contributed by atoms with Gasteiger partial charge in [0, 0.05) is 5.56 Å². The molecular formula is C9H11N2. The number of benzene rings is 1. The summed E-state index contributed by atoms with van der Waals surface area (Å²) in [5.41, 5.74) is 7.16. The van der Waals surface area contributed by atoms with Gasteiger partial charge in [0.1, 0.15) is 5.84 Å². The molecule has 11 heavy (non-hydrogen) atoms. The Morgan fingerprint density at radius 3 is 2.91 bits per heavy atom. The van der Waals surface area contributed by atoms with Gasteiger partial charge >= 0.3 is 0 Å². The first kappa shape index (κ1) is 7.79. The van der Waals surface area contributed by atoms with Crippen LogP contribution in [0.4, 0.5) is 0 Å². The summed E-state index contributed by atoms with van der Waals surface area (Å²) in [5.74, 6) is 0.0995. The number of hydrogen-bond acceptors (Lipinski definition) is 1. The molecule has 1 rings (SSSR count). The highest BCUT2D eigenvalue weighted by molar-refractivity contribution is 5.96. The third-order valence-electron chi connectivity index (χ3n) is 1.59. The fraction of sp³-hybridized carbons (Fsp3) is 0.222. The zero-order valence-electron chi connectivity index (χ0n) is 6.52. The predicted octanol–water partition coefficient (Wildman–Crippen LogP) is 1.33. The first-order valence-corrected chi connectivity index (χ1v) is 3.59. The summed E-state index contributed by atoms with van der Waals surface area (Å²) in [6.45, 7) is 2.04. The van der Waals surface area contributed by atoms with E-state index in [0.717, 1.165) is 17.5 Å². The second-order valence-corrected chi connectivity index (χ2v) is 2.34. The lowest BCUT2D eigenvalue weighted by atomic mass is 10.1. The van der Waals surface area contributed by atoms with Gasteiger partial charge in [0.2, 0.25) is 0 Å². The summed E-state index contributed by atoms with van der Waals surface area (Å²) in [6, 6.07) is 8.59. The molecule has 0 amide bonds. The van der Waals surface area contributed by atoms with Crippen molar-refractivity contribution in [1.82, 2.24) is 0 Å². The van der Waals surface area contributed by atoms with Gasteiger partial charge in [-0.3, -0.25) is 5.41 Å². The van der Waals surface area contributed by atoms with Crippen molar-refractivity contribution < 1.29 is 0 Å². The van der Waals surface area contributed by atoms with Gasteiger partial charge in [-0.25, -0.2) is 0 Å². The second-order valence-electron chi connectivity index (χ2n) is 2.34. The Labute approximate surface area is 66.6 Å². The van der Waals surface area contributed by atoms with E-state index in [1.54, 1.807) is 6.07 Å². The lowest BCUT2D eigenvalue weighted by Gasteiger charge is -2.03. The third-order valence-corrected chi connectivity index (χ3v) is 1.59. The highest BCUT2D eigenvalue weighted by Gasteiger charge is 2.00. The second kappa shape index (κ2) is 3.19. The number of nitrogen functional groups attached to an aromatic ring is 1. The summed E-state index contributed by atoms with van der Waals surface area (Å²) in [4.78, 5) is 0. The maximum absolute atomic E-state index is 7.23. The summed E-state index contributed by atoms with van der Waals surface area (Å²) < 4.78 is 0. The van der Waals surface area contributed by atoms with Gasteiger partial charge < -0.3 is 5.73 Å². The van der Waals surface area contributed by atoms with Gasteiger partial charge in [0.05, 0.1) is 0 Å². The minimum absolute atomic E-state index is 0.0995. The highest BCUT2D eigenvalue weighted by atomic mass is 14.7. The first-order chi connectivity index (χ1) is 5.25. The maximum atomic E-state index is 7.23. The first-order valence-electron chi connectivity index (χ1n) is 3.59. The normalized spacial score (nSPS) is 9.55. The Kier molecular flexibility index (Phi) is 2.26. The van der Waals surface area contributed by atoms with Gasteiger partial charge in [-0.1, -0.05) is 25.1 Å². The Morgan fingerprint density at radius 1 is 1.73 bits per heavy atom. The number of nitrogens with one attached hydrogen (secondary N) is 1. The molecule has 0 saturated carbocycles. The Hall–Kier alpha value is -1.31. The van der Waals surface area contributed by atoms with E-state index < -0.39 is 0 Å². The van der Waals surface area contributed by atoms with Gasteiger partial charge in [0.25, 0.3) is 0 Å². The van der Waals surface area contributed by atoms with Crippen molar-refractivity contribution in [3.63, 3.8) is 0 Å². The lowest BCUT2D eigenvalue weighted by Crippen LogP contribution is -2.13. The number of amidine groups is 1. The van der Waals surface area contributed by atoms with Crippen molar-refractivity contribution in [3.05, 3.63) is 35.4 Å². The number of aryl methyl sites for hydroxylation is 1. The van der Waals surface area contributed by atoms with Crippen molar-refractivity contribution in [2.45, 2.75) is 13.3 Å². The molecule has 0 aromatic heterocycles. The van der Waals surface area contributed by atoms with Gasteiger partial charge in [-0.15, -0.1) is 0 Å². The molecule has 0 bridgehead atoms. The number of hydrogen-bond donors (Lipinski definition) is 2. The Morgan fingerprint density at radius 2 is 2.45 bits per heavy atom. The minimum atomic E-state index is 0.0995. The van der Waals surface area contributed by atoms with Crippen molar-refractivity contribution in [2.75, 3.05) is 0 Å². The lowest BCUT2D eigenvalue weighted by molar-refractivity contribution is 1.13. The summed E-state index contributed by atoms with van der Waals surface area (Å²) in [7, 11) is 0. The van der Waals surface area contributed by atoms with Crippen LogP contribution in [0.3, 0.4) is 0 Å². The minimum Gasteiger partial charge on any atom is -0.384 e. The molecule has 0 heterocycles. The molecule has 0 aliphatic rings. The van der Waals surface area contributed by atoms with E-state index in [0.29, 0.717) is 0 Å². The smallest absolute Gasteiger partial charge is 0.123 e. The quantitative estimate of drug-likeness (QED) is 0.481. The average molecular weight is 147 g/mol. The van der Waals surface area contributed by atoms with E-state index in [4.69, 9.17) is 11.1 Å². The fourth-order valence-corrected chi connectivity index (χ4v) is 1.02. The zero-order chi connectivity index (χ0) is 8.27. The van der Waals surface area contributed by atoms with Gasteiger partial charge in [-0.05, 0) is 18.1 Å². The van der Waals surface area contributed by atoms with Crippen LogP contribution in [0, 0.1) is 11.5 Å². The van der Waals surface area contributed by atoms with Crippen LogP contribution in [-0.2, 0) is 6.42 Å². The fourth-order valence-electron chi connectivity index (χ4n) is 1.02. The number of nitrogens with two attached hydrogens (primary N) is 1.